The molecule has 0 atom stereocenters. The predicted molar refractivity (Wildman–Crippen MR) is 86.9 cm³/mol. The van der Waals surface area contributed by atoms with E-state index in [-0.39, 0.29) is 10.6 Å². The van der Waals surface area contributed by atoms with Gasteiger partial charge in [-0.15, -0.1) is 0 Å². The van der Waals surface area contributed by atoms with E-state index in [2.05, 4.69) is 10.3 Å². The summed E-state index contributed by atoms with van der Waals surface area (Å²) in [6.45, 7) is 0.950. The van der Waals surface area contributed by atoms with Gasteiger partial charge in [-0.3, -0.25) is 10.1 Å². The summed E-state index contributed by atoms with van der Waals surface area (Å²) in [6.07, 6.45) is 2.52. The highest BCUT2D eigenvalue weighted by atomic mass is 32.2. The fourth-order valence-corrected chi connectivity index (χ4v) is 3.73. The maximum absolute atomic E-state index is 10.8. The molecule has 2 heterocycles. The Morgan fingerprint density at radius 1 is 1.29 bits per heavy atom. The van der Waals surface area contributed by atoms with E-state index in [1.807, 2.05) is 23.9 Å². The number of hydrogen-bond acceptors (Lipinski definition) is 5. The summed E-state index contributed by atoms with van der Waals surface area (Å²) in [5.41, 5.74) is 0.884. The van der Waals surface area contributed by atoms with Crippen molar-refractivity contribution in [3.63, 3.8) is 0 Å². The largest absolute Gasteiger partial charge is 0.370 e. The summed E-state index contributed by atoms with van der Waals surface area (Å²) >= 11 is 2.03. The van der Waals surface area contributed by atoms with Crippen LogP contribution in [0.2, 0.25) is 0 Å². The summed E-state index contributed by atoms with van der Waals surface area (Å²) in [5.74, 6) is 4.07. The quantitative estimate of drug-likeness (QED) is 0.689. The lowest BCUT2D eigenvalue weighted by atomic mass is 10.0. The van der Waals surface area contributed by atoms with E-state index in [1.54, 1.807) is 12.1 Å². The third-order valence-electron chi connectivity index (χ3n) is 3.80. The zero-order valence-electron chi connectivity index (χ0n) is 11.6. The van der Waals surface area contributed by atoms with Crippen LogP contribution in [0.25, 0.3) is 10.9 Å². The van der Waals surface area contributed by atoms with Crippen molar-refractivity contribution in [2.45, 2.75) is 12.8 Å². The van der Waals surface area contributed by atoms with Crippen LogP contribution in [-0.4, -0.2) is 28.0 Å². The van der Waals surface area contributed by atoms with Crippen molar-refractivity contribution >= 4 is 34.2 Å². The SMILES string of the molecule is O=[N+]([O-])c1ccc2nc(NCC3CCSCC3)ccc2c1. The molecule has 1 saturated heterocycles. The summed E-state index contributed by atoms with van der Waals surface area (Å²) in [4.78, 5) is 14.9. The van der Waals surface area contributed by atoms with Crippen LogP contribution in [0, 0.1) is 16.0 Å². The van der Waals surface area contributed by atoms with Gasteiger partial charge >= 0.3 is 0 Å². The molecule has 21 heavy (non-hydrogen) atoms. The number of hydrogen-bond donors (Lipinski definition) is 1. The van der Waals surface area contributed by atoms with Crippen molar-refractivity contribution in [1.82, 2.24) is 4.98 Å². The number of nitrogens with zero attached hydrogens (tertiary/aromatic N) is 2. The lowest BCUT2D eigenvalue weighted by Crippen LogP contribution is -2.19. The molecule has 3 rings (SSSR count). The number of nitro groups is 1. The monoisotopic (exact) mass is 303 g/mol. The molecular weight excluding hydrogens is 286 g/mol. The van der Waals surface area contributed by atoms with Gasteiger partial charge in [0.1, 0.15) is 5.82 Å². The Morgan fingerprint density at radius 3 is 2.86 bits per heavy atom. The van der Waals surface area contributed by atoms with Gasteiger partial charge in [0.25, 0.3) is 5.69 Å². The molecule has 1 aliphatic rings. The highest BCUT2D eigenvalue weighted by molar-refractivity contribution is 7.99. The van der Waals surface area contributed by atoms with Gasteiger partial charge in [0.15, 0.2) is 0 Å². The maximum atomic E-state index is 10.8. The number of nitrogens with one attached hydrogen (secondary N) is 1. The van der Waals surface area contributed by atoms with Crippen molar-refractivity contribution in [2.24, 2.45) is 5.92 Å². The normalized spacial score (nSPS) is 16.0. The van der Waals surface area contributed by atoms with Crippen LogP contribution in [-0.2, 0) is 0 Å². The molecule has 0 saturated carbocycles. The van der Waals surface area contributed by atoms with Gasteiger partial charge in [0, 0.05) is 24.1 Å². The molecule has 2 aromatic rings. The molecule has 0 aliphatic carbocycles. The second-order valence-electron chi connectivity index (χ2n) is 5.27. The molecule has 1 aliphatic heterocycles. The van der Waals surface area contributed by atoms with E-state index < -0.39 is 0 Å². The summed E-state index contributed by atoms with van der Waals surface area (Å²) in [7, 11) is 0. The molecule has 1 fully saturated rings. The van der Waals surface area contributed by atoms with Crippen molar-refractivity contribution in [1.29, 1.82) is 0 Å². The zero-order valence-corrected chi connectivity index (χ0v) is 12.4. The second-order valence-corrected chi connectivity index (χ2v) is 6.49. The smallest absolute Gasteiger partial charge is 0.270 e. The molecule has 110 valence electrons. The Morgan fingerprint density at radius 2 is 2.10 bits per heavy atom. The fourth-order valence-electron chi connectivity index (χ4n) is 2.52. The molecule has 0 unspecified atom stereocenters. The Balaban J connectivity index is 1.71. The minimum Gasteiger partial charge on any atom is -0.370 e. The van der Waals surface area contributed by atoms with Crippen molar-refractivity contribution in [3.05, 3.63) is 40.4 Å². The van der Waals surface area contributed by atoms with Crippen LogP contribution in [0.15, 0.2) is 30.3 Å². The van der Waals surface area contributed by atoms with Crippen molar-refractivity contribution < 1.29 is 4.92 Å². The highest BCUT2D eigenvalue weighted by Crippen LogP contribution is 2.24. The molecule has 0 spiro atoms. The van der Waals surface area contributed by atoms with Crippen LogP contribution in [0.5, 0.6) is 0 Å². The van der Waals surface area contributed by atoms with E-state index >= 15 is 0 Å². The first-order valence-corrected chi connectivity index (χ1v) is 8.25. The van der Waals surface area contributed by atoms with Crippen LogP contribution in [0.4, 0.5) is 11.5 Å². The Labute approximate surface area is 127 Å². The molecule has 0 bridgehead atoms. The molecule has 5 nitrogen and oxygen atoms in total. The van der Waals surface area contributed by atoms with E-state index in [1.165, 1.54) is 30.4 Å². The van der Waals surface area contributed by atoms with Gasteiger partial charge in [-0.2, -0.15) is 11.8 Å². The third-order valence-corrected chi connectivity index (χ3v) is 4.85. The standard InChI is InChI=1S/C15H17N3O2S/c19-18(20)13-2-3-14-12(9-13)1-4-15(17-14)16-10-11-5-7-21-8-6-11/h1-4,9,11H,5-8,10H2,(H,16,17). The predicted octanol–water partition coefficient (Wildman–Crippen LogP) is 3.70. The summed E-state index contributed by atoms with van der Waals surface area (Å²) in [5, 5.41) is 14.9. The Kier molecular flexibility index (Phi) is 4.24. The van der Waals surface area contributed by atoms with Gasteiger partial charge in [-0.05, 0) is 48.5 Å². The van der Waals surface area contributed by atoms with E-state index in [0.717, 1.165) is 29.2 Å². The minimum atomic E-state index is -0.382. The first-order chi connectivity index (χ1) is 10.2. The molecule has 6 heteroatoms. The summed E-state index contributed by atoms with van der Waals surface area (Å²) < 4.78 is 0. The number of rotatable bonds is 4. The van der Waals surface area contributed by atoms with Crippen LogP contribution in [0.3, 0.4) is 0 Å². The first-order valence-electron chi connectivity index (χ1n) is 7.09. The lowest BCUT2D eigenvalue weighted by molar-refractivity contribution is -0.384. The van der Waals surface area contributed by atoms with E-state index in [9.17, 15) is 10.1 Å². The topological polar surface area (TPSA) is 68.1 Å². The molecule has 0 radical (unpaired) electrons. The molecule has 1 aromatic carbocycles. The number of nitro benzene ring substituents is 1. The number of non-ortho nitro benzene ring substituents is 1. The van der Waals surface area contributed by atoms with E-state index in [0.29, 0.717) is 0 Å². The second kappa shape index (κ2) is 6.30. The minimum absolute atomic E-state index is 0.102. The number of benzene rings is 1. The molecular formula is C15H17N3O2S. The zero-order chi connectivity index (χ0) is 14.7. The van der Waals surface area contributed by atoms with Crippen molar-refractivity contribution in [2.75, 3.05) is 23.4 Å². The fraction of sp³-hybridized carbons (Fsp3) is 0.400. The van der Waals surface area contributed by atoms with Gasteiger partial charge in [-0.1, -0.05) is 0 Å². The van der Waals surface area contributed by atoms with Crippen LogP contribution >= 0.6 is 11.8 Å². The van der Waals surface area contributed by atoms with E-state index in [4.69, 9.17) is 0 Å². The number of anilines is 1. The number of aromatic nitrogens is 1. The Hall–Kier alpha value is -1.82. The first kappa shape index (κ1) is 14.1. The third kappa shape index (κ3) is 3.44. The average Bonchev–Trinajstić information content (AvgIpc) is 2.53. The number of fused-ring (bicyclic) bond motifs is 1. The van der Waals surface area contributed by atoms with Gasteiger partial charge in [-0.25, -0.2) is 4.98 Å². The van der Waals surface area contributed by atoms with Gasteiger partial charge in [0.05, 0.1) is 10.4 Å². The molecule has 1 aromatic heterocycles. The highest BCUT2D eigenvalue weighted by Gasteiger charge is 2.13. The lowest BCUT2D eigenvalue weighted by Gasteiger charge is -2.21. The van der Waals surface area contributed by atoms with Gasteiger partial charge in [0.2, 0.25) is 0 Å². The van der Waals surface area contributed by atoms with Crippen LogP contribution in [0.1, 0.15) is 12.8 Å². The van der Waals surface area contributed by atoms with Gasteiger partial charge < -0.3 is 5.32 Å². The average molecular weight is 303 g/mol. The molecule has 1 N–H and O–H groups in total. The Bertz CT molecular complexity index is 656. The number of thioether (sulfide) groups is 1. The number of pyridine rings is 1. The maximum Gasteiger partial charge on any atom is 0.270 e. The molecule has 0 amide bonds. The summed E-state index contributed by atoms with van der Waals surface area (Å²) in [6, 6.07) is 8.54. The van der Waals surface area contributed by atoms with Crippen LogP contribution < -0.4 is 5.32 Å². The van der Waals surface area contributed by atoms with Crippen molar-refractivity contribution in [3.8, 4) is 0 Å².